The standard InChI is InChI=1S/C20H22FN3O2S/c1-2-24-19(15-8-4-3-5-9-15)22-23-20(24)27-14-17(25)13-26-12-16-10-6-7-11-18(16)21/h3-11,17,25H,2,12-14H2,1H3. The lowest BCUT2D eigenvalue weighted by atomic mass is 10.2. The third-order valence-electron chi connectivity index (χ3n) is 4.00. The van der Waals surface area contributed by atoms with Gasteiger partial charge in [0, 0.05) is 23.4 Å². The Morgan fingerprint density at radius 1 is 1.11 bits per heavy atom. The molecule has 5 nitrogen and oxygen atoms in total. The molecule has 1 atom stereocenters. The van der Waals surface area contributed by atoms with E-state index in [2.05, 4.69) is 10.2 Å². The normalized spacial score (nSPS) is 12.3. The second kappa shape index (κ2) is 9.64. The van der Waals surface area contributed by atoms with Crippen molar-refractivity contribution in [3.63, 3.8) is 0 Å². The number of aliphatic hydroxyl groups is 1. The molecule has 1 N–H and O–H groups in total. The molecule has 7 heteroatoms. The first-order valence-corrected chi connectivity index (χ1v) is 9.78. The lowest BCUT2D eigenvalue weighted by Crippen LogP contribution is -2.18. The number of rotatable bonds is 9. The first kappa shape index (κ1) is 19.5. The largest absolute Gasteiger partial charge is 0.390 e. The van der Waals surface area contributed by atoms with Crippen molar-refractivity contribution in [1.82, 2.24) is 14.8 Å². The molecule has 0 radical (unpaired) electrons. The lowest BCUT2D eigenvalue weighted by Gasteiger charge is -2.12. The van der Waals surface area contributed by atoms with E-state index in [0.717, 1.165) is 23.1 Å². The molecule has 27 heavy (non-hydrogen) atoms. The molecule has 0 spiro atoms. The fourth-order valence-corrected chi connectivity index (χ4v) is 3.53. The zero-order valence-electron chi connectivity index (χ0n) is 15.1. The molecule has 0 saturated carbocycles. The monoisotopic (exact) mass is 387 g/mol. The quantitative estimate of drug-likeness (QED) is 0.566. The first-order chi connectivity index (χ1) is 13.2. The Morgan fingerprint density at radius 3 is 2.59 bits per heavy atom. The van der Waals surface area contributed by atoms with Gasteiger partial charge in [-0.1, -0.05) is 60.3 Å². The molecule has 1 heterocycles. The highest BCUT2D eigenvalue weighted by Gasteiger charge is 2.15. The molecule has 0 aliphatic heterocycles. The van der Waals surface area contributed by atoms with Crippen LogP contribution in [0, 0.1) is 5.82 Å². The molecule has 0 fully saturated rings. The second-order valence-electron chi connectivity index (χ2n) is 5.99. The number of benzene rings is 2. The molecule has 142 valence electrons. The van der Waals surface area contributed by atoms with E-state index in [-0.39, 0.29) is 19.0 Å². The summed E-state index contributed by atoms with van der Waals surface area (Å²) in [5.41, 5.74) is 1.49. The number of halogens is 1. The van der Waals surface area contributed by atoms with Crippen LogP contribution >= 0.6 is 11.8 Å². The second-order valence-corrected chi connectivity index (χ2v) is 6.97. The summed E-state index contributed by atoms with van der Waals surface area (Å²) in [7, 11) is 0. The lowest BCUT2D eigenvalue weighted by molar-refractivity contribution is 0.0386. The Hall–Kier alpha value is -2.22. The number of hydrogen-bond donors (Lipinski definition) is 1. The Morgan fingerprint density at radius 2 is 1.85 bits per heavy atom. The van der Waals surface area contributed by atoms with E-state index in [1.165, 1.54) is 17.8 Å². The summed E-state index contributed by atoms with van der Waals surface area (Å²) in [6.45, 7) is 3.04. The minimum Gasteiger partial charge on any atom is -0.390 e. The zero-order chi connectivity index (χ0) is 19.1. The van der Waals surface area contributed by atoms with Crippen molar-refractivity contribution in [1.29, 1.82) is 0 Å². The van der Waals surface area contributed by atoms with Crippen molar-refractivity contribution in [2.24, 2.45) is 0 Å². The average molecular weight is 387 g/mol. The molecule has 0 bridgehead atoms. The van der Waals surface area contributed by atoms with Gasteiger partial charge in [-0.2, -0.15) is 0 Å². The highest BCUT2D eigenvalue weighted by atomic mass is 32.2. The zero-order valence-corrected chi connectivity index (χ0v) is 15.9. The summed E-state index contributed by atoms with van der Waals surface area (Å²) >= 11 is 1.43. The van der Waals surface area contributed by atoms with Crippen LogP contribution < -0.4 is 0 Å². The van der Waals surface area contributed by atoms with Crippen LogP contribution in [0.4, 0.5) is 4.39 Å². The van der Waals surface area contributed by atoms with Crippen LogP contribution in [0.2, 0.25) is 0 Å². The van der Waals surface area contributed by atoms with Crippen molar-refractivity contribution in [3.05, 3.63) is 66.0 Å². The summed E-state index contributed by atoms with van der Waals surface area (Å²) in [4.78, 5) is 0. The van der Waals surface area contributed by atoms with Crippen LogP contribution in [0.5, 0.6) is 0 Å². The molecule has 1 aromatic heterocycles. The number of aliphatic hydroxyl groups excluding tert-OH is 1. The van der Waals surface area contributed by atoms with E-state index >= 15 is 0 Å². The van der Waals surface area contributed by atoms with E-state index in [1.807, 2.05) is 41.8 Å². The van der Waals surface area contributed by atoms with E-state index in [9.17, 15) is 9.50 Å². The maximum absolute atomic E-state index is 13.5. The number of nitrogens with zero attached hydrogens (tertiary/aromatic N) is 3. The Labute approximate surface area is 162 Å². The Bertz CT molecular complexity index is 857. The molecule has 0 aliphatic rings. The van der Waals surface area contributed by atoms with Crippen molar-refractivity contribution >= 4 is 11.8 Å². The van der Waals surface area contributed by atoms with E-state index in [1.54, 1.807) is 18.2 Å². The summed E-state index contributed by atoms with van der Waals surface area (Å²) in [6.07, 6.45) is -0.677. The van der Waals surface area contributed by atoms with Gasteiger partial charge in [0.15, 0.2) is 11.0 Å². The van der Waals surface area contributed by atoms with Crippen molar-refractivity contribution in [3.8, 4) is 11.4 Å². The Balaban J connectivity index is 1.52. The summed E-state index contributed by atoms with van der Waals surface area (Å²) in [5.74, 6) is 0.932. The van der Waals surface area contributed by atoms with Gasteiger partial charge in [0.2, 0.25) is 0 Å². The highest BCUT2D eigenvalue weighted by molar-refractivity contribution is 7.99. The topological polar surface area (TPSA) is 60.2 Å². The predicted octanol–water partition coefficient (Wildman–Crippen LogP) is 3.77. The van der Waals surface area contributed by atoms with Gasteiger partial charge < -0.3 is 14.4 Å². The summed E-state index contributed by atoms with van der Waals surface area (Å²) in [6, 6.07) is 16.3. The third-order valence-corrected chi connectivity index (χ3v) is 5.11. The minimum absolute atomic E-state index is 0.132. The van der Waals surface area contributed by atoms with Crippen LogP contribution in [0.15, 0.2) is 59.8 Å². The predicted molar refractivity (Wildman–Crippen MR) is 104 cm³/mol. The SMILES string of the molecule is CCn1c(SCC(O)COCc2ccccc2F)nnc1-c1ccccc1. The van der Waals surface area contributed by atoms with Crippen LogP contribution in [0.1, 0.15) is 12.5 Å². The molecular weight excluding hydrogens is 365 g/mol. The fourth-order valence-electron chi connectivity index (χ4n) is 2.62. The molecule has 0 amide bonds. The van der Waals surface area contributed by atoms with Gasteiger partial charge in [0.25, 0.3) is 0 Å². The third kappa shape index (κ3) is 5.15. The maximum atomic E-state index is 13.5. The number of aromatic nitrogens is 3. The average Bonchev–Trinajstić information content (AvgIpc) is 3.11. The minimum atomic E-state index is -0.677. The van der Waals surface area contributed by atoms with Crippen molar-refractivity contribution < 1.29 is 14.2 Å². The van der Waals surface area contributed by atoms with E-state index < -0.39 is 6.10 Å². The molecule has 3 aromatic rings. The first-order valence-electron chi connectivity index (χ1n) is 8.79. The molecule has 3 rings (SSSR count). The van der Waals surface area contributed by atoms with Gasteiger partial charge in [-0.3, -0.25) is 0 Å². The summed E-state index contributed by atoms with van der Waals surface area (Å²) < 4.78 is 21.0. The molecule has 0 aliphatic carbocycles. The van der Waals surface area contributed by atoms with Crippen LogP contribution in [-0.2, 0) is 17.9 Å². The van der Waals surface area contributed by atoms with E-state index in [0.29, 0.717) is 11.3 Å². The number of hydrogen-bond acceptors (Lipinski definition) is 5. The van der Waals surface area contributed by atoms with Crippen molar-refractivity contribution in [2.45, 2.75) is 31.3 Å². The van der Waals surface area contributed by atoms with Gasteiger partial charge in [0.1, 0.15) is 5.82 Å². The molecule has 0 saturated heterocycles. The van der Waals surface area contributed by atoms with E-state index in [4.69, 9.17) is 4.74 Å². The van der Waals surface area contributed by atoms with Gasteiger partial charge in [-0.25, -0.2) is 4.39 Å². The molecule has 2 aromatic carbocycles. The fraction of sp³-hybridized carbons (Fsp3) is 0.300. The smallest absolute Gasteiger partial charge is 0.191 e. The van der Waals surface area contributed by atoms with Gasteiger partial charge in [0.05, 0.1) is 19.3 Å². The molecular formula is C20H22FN3O2S. The Kier molecular flexibility index (Phi) is 6.98. The summed E-state index contributed by atoms with van der Waals surface area (Å²) in [5, 5.41) is 19.4. The maximum Gasteiger partial charge on any atom is 0.191 e. The van der Waals surface area contributed by atoms with Gasteiger partial charge in [-0.15, -0.1) is 10.2 Å². The van der Waals surface area contributed by atoms with Crippen LogP contribution in [0.25, 0.3) is 11.4 Å². The van der Waals surface area contributed by atoms with Gasteiger partial charge >= 0.3 is 0 Å². The van der Waals surface area contributed by atoms with Crippen LogP contribution in [0.3, 0.4) is 0 Å². The number of ether oxygens (including phenoxy) is 1. The van der Waals surface area contributed by atoms with Crippen LogP contribution in [-0.4, -0.2) is 38.3 Å². The molecule has 1 unspecified atom stereocenters. The number of thioether (sulfide) groups is 1. The highest BCUT2D eigenvalue weighted by Crippen LogP contribution is 2.24. The van der Waals surface area contributed by atoms with Gasteiger partial charge in [-0.05, 0) is 13.0 Å². The van der Waals surface area contributed by atoms with Crippen molar-refractivity contribution in [2.75, 3.05) is 12.4 Å².